The molecule has 1 amide bonds. The maximum absolute atomic E-state index is 12.8. The first-order chi connectivity index (χ1) is 14.2. The van der Waals surface area contributed by atoms with Crippen molar-refractivity contribution in [1.29, 1.82) is 0 Å². The Hall–Kier alpha value is -3.12. The third-order valence-electron chi connectivity index (χ3n) is 5.57. The van der Waals surface area contributed by atoms with E-state index in [4.69, 9.17) is 4.74 Å². The van der Waals surface area contributed by atoms with Crippen LogP contribution in [0.2, 0.25) is 0 Å². The van der Waals surface area contributed by atoms with Crippen molar-refractivity contribution < 1.29 is 9.53 Å². The van der Waals surface area contributed by atoms with Crippen LogP contribution in [0, 0.1) is 0 Å². The molecule has 0 radical (unpaired) electrons. The average Bonchev–Trinajstić information content (AvgIpc) is 3.29. The monoisotopic (exact) mass is 391 g/mol. The molecule has 0 aliphatic carbocycles. The molecule has 0 bridgehead atoms. The van der Waals surface area contributed by atoms with E-state index in [1.165, 1.54) is 6.20 Å². The van der Waals surface area contributed by atoms with E-state index in [1.54, 1.807) is 19.2 Å². The number of likely N-dealkylation sites (tertiary alicyclic amines) is 1. The Morgan fingerprint density at radius 1 is 1.14 bits per heavy atom. The fourth-order valence-corrected chi connectivity index (χ4v) is 3.96. The molecule has 1 saturated heterocycles. The van der Waals surface area contributed by atoms with Gasteiger partial charge in [-0.25, -0.2) is 0 Å². The van der Waals surface area contributed by atoms with E-state index >= 15 is 0 Å². The van der Waals surface area contributed by atoms with Crippen molar-refractivity contribution in [1.82, 2.24) is 15.2 Å². The highest BCUT2D eigenvalue weighted by Gasteiger charge is 2.24. The standard InChI is InChI=1S/C23H25N3O3/c1-29-17-10-8-16(9-11-17)21(26-12-4-5-13-26)15-25-23(28)19-14-24-20-7-3-2-6-18(20)22(19)27/h2-3,6-11,14,21H,4-5,12-13,15H2,1H3,(H,24,27)(H,25,28). The number of nitrogens with one attached hydrogen (secondary N) is 2. The Kier molecular flexibility index (Phi) is 5.62. The van der Waals surface area contributed by atoms with Crippen molar-refractivity contribution in [3.63, 3.8) is 0 Å². The van der Waals surface area contributed by atoms with Crippen LogP contribution >= 0.6 is 0 Å². The second-order valence-electron chi connectivity index (χ2n) is 7.32. The van der Waals surface area contributed by atoms with Gasteiger partial charge in [-0.05, 0) is 55.8 Å². The molecule has 2 N–H and O–H groups in total. The lowest BCUT2D eigenvalue weighted by Crippen LogP contribution is -2.38. The number of aromatic amines is 1. The van der Waals surface area contributed by atoms with Crippen LogP contribution in [0.4, 0.5) is 0 Å². The Labute approximate surface area is 169 Å². The number of H-pyrrole nitrogens is 1. The Morgan fingerprint density at radius 2 is 1.86 bits per heavy atom. The molecule has 4 rings (SSSR count). The van der Waals surface area contributed by atoms with E-state index in [0.29, 0.717) is 11.9 Å². The Morgan fingerprint density at radius 3 is 2.59 bits per heavy atom. The number of methoxy groups -OCH3 is 1. The Bertz CT molecular complexity index is 1050. The maximum atomic E-state index is 12.8. The van der Waals surface area contributed by atoms with Crippen molar-refractivity contribution in [2.24, 2.45) is 0 Å². The fourth-order valence-electron chi connectivity index (χ4n) is 3.96. The number of aromatic nitrogens is 1. The van der Waals surface area contributed by atoms with Gasteiger partial charge in [0.25, 0.3) is 5.91 Å². The molecular formula is C23H25N3O3. The van der Waals surface area contributed by atoms with Crippen molar-refractivity contribution >= 4 is 16.8 Å². The predicted molar refractivity (Wildman–Crippen MR) is 113 cm³/mol. The zero-order chi connectivity index (χ0) is 20.2. The molecule has 1 aliphatic heterocycles. The third-order valence-corrected chi connectivity index (χ3v) is 5.57. The highest BCUT2D eigenvalue weighted by atomic mass is 16.5. The van der Waals surface area contributed by atoms with E-state index in [1.807, 2.05) is 36.4 Å². The molecule has 6 nitrogen and oxygen atoms in total. The molecule has 2 heterocycles. The van der Waals surface area contributed by atoms with Crippen LogP contribution in [-0.4, -0.2) is 42.5 Å². The van der Waals surface area contributed by atoms with Crippen LogP contribution in [0.15, 0.2) is 59.5 Å². The number of fused-ring (bicyclic) bond motifs is 1. The lowest BCUT2D eigenvalue weighted by Gasteiger charge is -2.28. The van der Waals surface area contributed by atoms with Crippen molar-refractivity contribution in [3.05, 3.63) is 76.1 Å². The summed E-state index contributed by atoms with van der Waals surface area (Å²) in [7, 11) is 1.65. The minimum absolute atomic E-state index is 0.0619. The van der Waals surface area contributed by atoms with Gasteiger partial charge in [0.2, 0.25) is 5.43 Å². The summed E-state index contributed by atoms with van der Waals surface area (Å²) in [5, 5.41) is 3.50. The Balaban J connectivity index is 1.54. The van der Waals surface area contributed by atoms with Gasteiger partial charge in [-0.2, -0.15) is 0 Å². The maximum Gasteiger partial charge on any atom is 0.256 e. The van der Waals surface area contributed by atoms with Gasteiger partial charge in [-0.1, -0.05) is 24.3 Å². The molecule has 1 unspecified atom stereocenters. The lowest BCUT2D eigenvalue weighted by molar-refractivity contribution is 0.0936. The summed E-state index contributed by atoms with van der Waals surface area (Å²) in [6.07, 6.45) is 3.81. The highest BCUT2D eigenvalue weighted by Crippen LogP contribution is 2.26. The molecule has 0 saturated carbocycles. The second-order valence-corrected chi connectivity index (χ2v) is 7.32. The van der Waals surface area contributed by atoms with E-state index in [0.717, 1.165) is 42.8 Å². The van der Waals surface area contributed by atoms with Crippen LogP contribution in [0.5, 0.6) is 5.75 Å². The van der Waals surface area contributed by atoms with Gasteiger partial charge in [0.05, 0.1) is 13.2 Å². The predicted octanol–water partition coefficient (Wildman–Crippen LogP) is 3.10. The number of para-hydroxylation sites is 1. The minimum atomic E-state index is -0.352. The van der Waals surface area contributed by atoms with Gasteiger partial charge in [0, 0.05) is 23.6 Å². The molecule has 29 heavy (non-hydrogen) atoms. The molecule has 1 aliphatic rings. The van der Waals surface area contributed by atoms with Gasteiger partial charge in [0.1, 0.15) is 11.3 Å². The summed E-state index contributed by atoms with van der Waals surface area (Å²) in [5.74, 6) is 0.454. The van der Waals surface area contributed by atoms with Crippen molar-refractivity contribution in [3.8, 4) is 5.75 Å². The van der Waals surface area contributed by atoms with Crippen molar-refractivity contribution in [2.75, 3.05) is 26.7 Å². The van der Waals surface area contributed by atoms with E-state index in [2.05, 4.69) is 15.2 Å². The molecule has 150 valence electrons. The molecular weight excluding hydrogens is 366 g/mol. The number of amides is 1. The number of hydrogen-bond acceptors (Lipinski definition) is 4. The molecule has 3 aromatic rings. The quantitative estimate of drug-likeness (QED) is 0.677. The second kappa shape index (κ2) is 8.49. The van der Waals surface area contributed by atoms with Crippen LogP contribution in [0.3, 0.4) is 0 Å². The van der Waals surface area contributed by atoms with E-state index in [-0.39, 0.29) is 22.9 Å². The molecule has 2 aromatic carbocycles. The highest BCUT2D eigenvalue weighted by molar-refractivity contribution is 5.97. The van der Waals surface area contributed by atoms with Gasteiger partial charge in [-0.15, -0.1) is 0 Å². The van der Waals surface area contributed by atoms with Crippen LogP contribution in [0.1, 0.15) is 34.8 Å². The topological polar surface area (TPSA) is 74.4 Å². The third kappa shape index (κ3) is 4.03. The smallest absolute Gasteiger partial charge is 0.256 e. The zero-order valence-electron chi connectivity index (χ0n) is 16.5. The number of ether oxygens (including phenoxy) is 1. The average molecular weight is 391 g/mol. The number of rotatable bonds is 6. The normalized spacial score (nSPS) is 15.3. The van der Waals surface area contributed by atoms with Gasteiger partial charge in [-0.3, -0.25) is 14.5 Å². The lowest BCUT2D eigenvalue weighted by atomic mass is 10.0. The molecule has 1 atom stereocenters. The van der Waals surface area contributed by atoms with Crippen LogP contribution in [-0.2, 0) is 0 Å². The first-order valence-electron chi connectivity index (χ1n) is 9.94. The molecule has 0 spiro atoms. The zero-order valence-corrected chi connectivity index (χ0v) is 16.5. The summed E-state index contributed by atoms with van der Waals surface area (Å²) in [6.45, 7) is 2.45. The van der Waals surface area contributed by atoms with Gasteiger partial charge < -0.3 is 15.0 Å². The van der Waals surface area contributed by atoms with Crippen LogP contribution < -0.4 is 15.5 Å². The number of benzene rings is 2. The number of carbonyl (C=O) groups excluding carboxylic acids is 1. The molecule has 6 heteroatoms. The number of pyridine rings is 1. The summed E-state index contributed by atoms with van der Waals surface area (Å²) in [6, 6.07) is 15.2. The number of nitrogens with zero attached hydrogens (tertiary/aromatic N) is 1. The molecule has 1 fully saturated rings. The largest absolute Gasteiger partial charge is 0.497 e. The van der Waals surface area contributed by atoms with Crippen molar-refractivity contribution in [2.45, 2.75) is 18.9 Å². The van der Waals surface area contributed by atoms with E-state index in [9.17, 15) is 9.59 Å². The SMILES string of the molecule is COc1ccc(C(CNC(=O)c2c[nH]c3ccccc3c2=O)N2CCCC2)cc1. The van der Waals surface area contributed by atoms with Gasteiger partial charge >= 0.3 is 0 Å². The summed E-state index contributed by atoms with van der Waals surface area (Å²) < 4.78 is 5.26. The number of hydrogen-bond donors (Lipinski definition) is 2. The summed E-state index contributed by atoms with van der Waals surface area (Å²) in [4.78, 5) is 30.9. The summed E-state index contributed by atoms with van der Waals surface area (Å²) in [5.41, 5.74) is 1.74. The minimum Gasteiger partial charge on any atom is -0.497 e. The van der Waals surface area contributed by atoms with E-state index < -0.39 is 0 Å². The first-order valence-corrected chi connectivity index (χ1v) is 9.94. The number of carbonyl (C=O) groups is 1. The summed E-state index contributed by atoms with van der Waals surface area (Å²) >= 11 is 0. The van der Waals surface area contributed by atoms with Gasteiger partial charge in [0.15, 0.2) is 0 Å². The fraction of sp³-hybridized carbons (Fsp3) is 0.304. The first kappa shape index (κ1) is 19.2. The van der Waals surface area contributed by atoms with Crippen LogP contribution in [0.25, 0.3) is 10.9 Å². The molecule has 1 aromatic heterocycles.